The first-order valence-electron chi connectivity index (χ1n) is 11.0. The molecule has 2 aliphatic rings. The highest BCUT2D eigenvalue weighted by Gasteiger charge is 2.41. The van der Waals surface area contributed by atoms with Gasteiger partial charge in [-0.1, -0.05) is 25.1 Å². The number of nitrogens with zero attached hydrogens (tertiary/aromatic N) is 1. The smallest absolute Gasteiger partial charge is 0.255 e. The third-order valence-electron chi connectivity index (χ3n) is 6.15. The molecule has 172 valence electrons. The van der Waals surface area contributed by atoms with E-state index in [4.69, 9.17) is 9.47 Å². The molecule has 2 unspecified atom stereocenters. The fourth-order valence-corrected chi connectivity index (χ4v) is 4.78. The summed E-state index contributed by atoms with van der Waals surface area (Å²) in [5.41, 5.74) is 4.18. The van der Waals surface area contributed by atoms with Gasteiger partial charge in [-0.3, -0.25) is 9.59 Å². The van der Waals surface area contributed by atoms with Gasteiger partial charge >= 0.3 is 0 Å². The van der Waals surface area contributed by atoms with E-state index in [1.165, 1.54) is 0 Å². The molecule has 7 heteroatoms. The average Bonchev–Trinajstić information content (AvgIpc) is 2.77. The zero-order valence-electron chi connectivity index (χ0n) is 19.6. The number of carbonyl (C=O) groups excluding carboxylic acids is 2. The van der Waals surface area contributed by atoms with Gasteiger partial charge in [-0.2, -0.15) is 0 Å². The number of rotatable bonds is 5. The number of aryl methyl sites for hydroxylation is 1. The molecule has 0 bridgehead atoms. The van der Waals surface area contributed by atoms with Crippen molar-refractivity contribution in [1.29, 1.82) is 0 Å². The Morgan fingerprint density at radius 3 is 2.55 bits per heavy atom. The molecule has 1 aliphatic carbocycles. The Bertz CT molecular complexity index is 1180. The number of allylic oxidation sites excluding steroid dienone is 3. The Labute approximate surface area is 193 Å². The Morgan fingerprint density at radius 1 is 1.09 bits per heavy atom. The predicted molar refractivity (Wildman–Crippen MR) is 126 cm³/mol. The summed E-state index contributed by atoms with van der Waals surface area (Å²) in [5, 5.41) is 6.27. The molecule has 2 aromatic rings. The van der Waals surface area contributed by atoms with Crippen LogP contribution >= 0.6 is 0 Å². The summed E-state index contributed by atoms with van der Waals surface area (Å²) in [6.07, 6.45) is 1.19. The first kappa shape index (κ1) is 22.6. The number of nitrogens with one attached hydrogen (secondary N) is 2. The Morgan fingerprint density at radius 2 is 1.85 bits per heavy atom. The number of methoxy groups -OCH3 is 2. The van der Waals surface area contributed by atoms with Gasteiger partial charge in [-0.15, -0.1) is 0 Å². The van der Waals surface area contributed by atoms with Gasteiger partial charge in [0.1, 0.15) is 5.82 Å². The second kappa shape index (κ2) is 9.10. The molecular weight excluding hydrogens is 418 g/mol. The minimum Gasteiger partial charge on any atom is -0.493 e. The average molecular weight is 448 g/mol. The number of ketones is 1. The summed E-state index contributed by atoms with van der Waals surface area (Å²) in [5.74, 6) is 0.887. The molecule has 0 spiro atoms. The van der Waals surface area contributed by atoms with Crippen LogP contribution in [0.4, 0.5) is 5.82 Å². The van der Waals surface area contributed by atoms with E-state index < -0.39 is 5.92 Å². The highest BCUT2D eigenvalue weighted by atomic mass is 16.5. The molecule has 0 radical (unpaired) electrons. The van der Waals surface area contributed by atoms with Crippen LogP contribution in [0.5, 0.6) is 11.5 Å². The van der Waals surface area contributed by atoms with Gasteiger partial charge in [-0.05, 0) is 44.4 Å². The lowest BCUT2D eigenvalue weighted by molar-refractivity contribution is -0.117. The summed E-state index contributed by atoms with van der Waals surface area (Å²) < 4.78 is 11.2. The molecule has 2 N–H and O–H groups in total. The Balaban J connectivity index is 1.87. The maximum absolute atomic E-state index is 13.6. The molecule has 1 aliphatic heterocycles. The number of benzene rings is 1. The lowest BCUT2D eigenvalue weighted by Gasteiger charge is -2.36. The minimum absolute atomic E-state index is 0.0394. The van der Waals surface area contributed by atoms with Crippen molar-refractivity contribution in [2.24, 2.45) is 5.92 Å². The highest BCUT2D eigenvalue weighted by Crippen LogP contribution is 2.48. The van der Waals surface area contributed by atoms with E-state index in [2.05, 4.69) is 22.5 Å². The topological polar surface area (TPSA) is 89.5 Å². The van der Waals surface area contributed by atoms with Gasteiger partial charge in [-0.25, -0.2) is 4.98 Å². The number of para-hydroxylation sites is 1. The lowest BCUT2D eigenvalue weighted by Crippen LogP contribution is -2.37. The number of Topliss-reactive ketones (excluding diaryl/α,β-unsaturated/α-hetero) is 1. The van der Waals surface area contributed by atoms with Crippen molar-refractivity contribution in [1.82, 2.24) is 10.3 Å². The standard InChI is InChI=1S/C26H29N3O4/c1-14-12-18-24(19(30)13-14)23(17-9-7-10-20(32-4)25(17)33-5)22(16(3)28-18)26(31)29-21-11-6-8-15(2)27-21/h6-11,14,23,28H,12-13H2,1-5H3,(H,27,29,31). The fraction of sp³-hybridized carbons (Fsp3) is 0.346. The second-order valence-electron chi connectivity index (χ2n) is 8.63. The van der Waals surface area contributed by atoms with Crippen LogP contribution in [0, 0.1) is 12.8 Å². The third kappa shape index (κ3) is 4.23. The largest absolute Gasteiger partial charge is 0.493 e. The number of anilines is 1. The first-order chi connectivity index (χ1) is 15.8. The zero-order valence-corrected chi connectivity index (χ0v) is 19.6. The van der Waals surface area contributed by atoms with Crippen LogP contribution in [0.25, 0.3) is 0 Å². The van der Waals surface area contributed by atoms with E-state index in [0.717, 1.165) is 23.4 Å². The quantitative estimate of drug-likeness (QED) is 0.712. The molecule has 0 saturated carbocycles. The minimum atomic E-state index is -0.587. The van der Waals surface area contributed by atoms with Crippen LogP contribution in [0.15, 0.2) is 58.9 Å². The number of pyridine rings is 1. The van der Waals surface area contributed by atoms with Crippen LogP contribution in [0.3, 0.4) is 0 Å². The van der Waals surface area contributed by atoms with Crippen LogP contribution < -0.4 is 20.1 Å². The zero-order chi connectivity index (χ0) is 23.7. The molecule has 2 atom stereocenters. The maximum Gasteiger partial charge on any atom is 0.255 e. The van der Waals surface area contributed by atoms with Crippen molar-refractivity contribution in [2.45, 2.75) is 39.5 Å². The predicted octanol–water partition coefficient (Wildman–Crippen LogP) is 4.26. The number of hydrogen-bond donors (Lipinski definition) is 2. The number of ether oxygens (including phenoxy) is 2. The summed E-state index contributed by atoms with van der Waals surface area (Å²) in [4.78, 5) is 31.3. The number of carbonyl (C=O) groups is 2. The van der Waals surface area contributed by atoms with Crippen LogP contribution in [-0.2, 0) is 9.59 Å². The van der Waals surface area contributed by atoms with Gasteiger partial charge in [0, 0.05) is 40.2 Å². The summed E-state index contributed by atoms with van der Waals surface area (Å²) in [6.45, 7) is 5.80. The molecular formula is C26H29N3O4. The lowest BCUT2D eigenvalue weighted by atomic mass is 9.72. The van der Waals surface area contributed by atoms with Gasteiger partial charge in [0.05, 0.1) is 20.1 Å². The van der Waals surface area contributed by atoms with Crippen LogP contribution in [-0.4, -0.2) is 30.9 Å². The number of dihydropyridines is 1. The Hall–Kier alpha value is -3.61. The Kier molecular flexibility index (Phi) is 6.22. The molecule has 1 amide bonds. The SMILES string of the molecule is COc1cccc(C2C(C(=O)Nc3cccc(C)n3)=C(C)NC3=C2C(=O)CC(C)C3)c1OC. The molecule has 1 aromatic heterocycles. The molecule has 33 heavy (non-hydrogen) atoms. The number of aromatic nitrogens is 1. The molecule has 0 fully saturated rings. The van der Waals surface area contributed by atoms with Crippen molar-refractivity contribution in [3.8, 4) is 11.5 Å². The summed E-state index contributed by atoms with van der Waals surface area (Å²) >= 11 is 0. The molecule has 1 aromatic carbocycles. The van der Waals surface area contributed by atoms with Crippen LogP contribution in [0.1, 0.15) is 43.9 Å². The summed E-state index contributed by atoms with van der Waals surface area (Å²) in [6, 6.07) is 11.0. The van der Waals surface area contributed by atoms with E-state index in [-0.39, 0.29) is 17.6 Å². The molecule has 4 rings (SSSR count). The van der Waals surface area contributed by atoms with Crippen molar-refractivity contribution >= 4 is 17.5 Å². The molecule has 7 nitrogen and oxygen atoms in total. The number of amides is 1. The van der Waals surface area contributed by atoms with Crippen LogP contribution in [0.2, 0.25) is 0 Å². The van der Waals surface area contributed by atoms with Gasteiger partial charge in [0.15, 0.2) is 17.3 Å². The maximum atomic E-state index is 13.6. The van der Waals surface area contributed by atoms with Crippen molar-refractivity contribution < 1.29 is 19.1 Å². The van der Waals surface area contributed by atoms with E-state index >= 15 is 0 Å². The van der Waals surface area contributed by atoms with E-state index in [0.29, 0.717) is 40.6 Å². The van der Waals surface area contributed by atoms with Gasteiger partial charge in [0.25, 0.3) is 5.91 Å². The van der Waals surface area contributed by atoms with Gasteiger partial charge in [0.2, 0.25) is 0 Å². The normalized spacial score (nSPS) is 20.2. The third-order valence-corrected chi connectivity index (χ3v) is 6.15. The summed E-state index contributed by atoms with van der Waals surface area (Å²) in [7, 11) is 3.13. The monoisotopic (exact) mass is 447 g/mol. The highest BCUT2D eigenvalue weighted by molar-refractivity contribution is 6.09. The second-order valence-corrected chi connectivity index (χ2v) is 8.63. The van der Waals surface area contributed by atoms with E-state index in [1.807, 2.05) is 38.1 Å². The number of hydrogen-bond acceptors (Lipinski definition) is 6. The fourth-order valence-electron chi connectivity index (χ4n) is 4.78. The van der Waals surface area contributed by atoms with Gasteiger partial charge < -0.3 is 20.1 Å². The van der Waals surface area contributed by atoms with Crippen molar-refractivity contribution in [3.05, 3.63) is 70.2 Å². The van der Waals surface area contributed by atoms with Crippen molar-refractivity contribution in [2.75, 3.05) is 19.5 Å². The molecule has 0 saturated heterocycles. The van der Waals surface area contributed by atoms with E-state index in [1.54, 1.807) is 26.4 Å². The van der Waals surface area contributed by atoms with E-state index in [9.17, 15) is 9.59 Å². The van der Waals surface area contributed by atoms with Crippen molar-refractivity contribution in [3.63, 3.8) is 0 Å². The first-order valence-corrected chi connectivity index (χ1v) is 11.0. The molecule has 2 heterocycles.